The van der Waals surface area contributed by atoms with Crippen molar-refractivity contribution < 1.29 is 24.0 Å². The van der Waals surface area contributed by atoms with Crippen molar-refractivity contribution in [2.75, 3.05) is 32.6 Å². The van der Waals surface area contributed by atoms with E-state index in [2.05, 4.69) is 5.32 Å². The molecule has 3 aromatic rings. The molecule has 6 heteroatoms. The number of carbonyl (C=O) groups excluding carboxylic acids is 2. The van der Waals surface area contributed by atoms with Gasteiger partial charge in [-0.15, -0.1) is 0 Å². The van der Waals surface area contributed by atoms with Gasteiger partial charge in [0.1, 0.15) is 6.54 Å². The maximum absolute atomic E-state index is 12.9. The predicted octanol–water partition coefficient (Wildman–Crippen LogP) is 2.51. The number of quaternary nitrogens is 1. The molecule has 1 atom stereocenters. The fourth-order valence-electron chi connectivity index (χ4n) is 4.14. The van der Waals surface area contributed by atoms with Crippen molar-refractivity contribution >= 4 is 17.4 Å². The van der Waals surface area contributed by atoms with Crippen molar-refractivity contribution in [3.8, 4) is 11.5 Å². The Labute approximate surface area is 187 Å². The van der Waals surface area contributed by atoms with Gasteiger partial charge in [-0.3, -0.25) is 9.59 Å². The van der Waals surface area contributed by atoms with Gasteiger partial charge in [0.15, 0.2) is 23.8 Å². The minimum Gasteiger partial charge on any atom is -0.493 e. The molecule has 32 heavy (non-hydrogen) atoms. The first-order valence-electron chi connectivity index (χ1n) is 10.6. The van der Waals surface area contributed by atoms with Crippen molar-refractivity contribution in [1.29, 1.82) is 0 Å². The number of amides is 1. The molecule has 0 aliphatic carbocycles. The van der Waals surface area contributed by atoms with Gasteiger partial charge in [-0.25, -0.2) is 0 Å². The summed E-state index contributed by atoms with van der Waals surface area (Å²) >= 11 is 0. The molecule has 1 amide bonds. The van der Waals surface area contributed by atoms with Crippen molar-refractivity contribution in [1.82, 2.24) is 0 Å². The number of carbonyl (C=O) groups is 2. The molecular weight excluding hydrogens is 404 g/mol. The van der Waals surface area contributed by atoms with Gasteiger partial charge < -0.3 is 19.7 Å². The molecule has 164 valence electrons. The van der Waals surface area contributed by atoms with Crippen molar-refractivity contribution in [2.24, 2.45) is 0 Å². The highest BCUT2D eigenvalue weighted by molar-refractivity contribution is 6.13. The van der Waals surface area contributed by atoms with Crippen LogP contribution >= 0.6 is 0 Å². The molecule has 3 aromatic carbocycles. The van der Waals surface area contributed by atoms with E-state index in [0.29, 0.717) is 29.1 Å². The van der Waals surface area contributed by atoms with Crippen LogP contribution in [0, 0.1) is 0 Å². The Bertz CT molecular complexity index is 1130. The van der Waals surface area contributed by atoms with Crippen molar-refractivity contribution in [3.63, 3.8) is 0 Å². The number of anilines is 1. The number of methoxy groups -OCH3 is 2. The lowest BCUT2D eigenvalue weighted by atomic mass is 9.98. The standard InChI is InChI=1S/C26H26N2O4/c1-31-23-14-19-12-13-28(16-20(19)15-24(23)32-2)17-25(29)27-22-11-7-6-10-21(22)26(30)18-8-4-3-5-9-18/h3-11,14-15H,12-13,16-17H2,1-2H3,(H,27,29)/p+1. The molecule has 2 N–H and O–H groups in total. The second-order valence-corrected chi connectivity index (χ2v) is 7.87. The lowest BCUT2D eigenvalue weighted by Gasteiger charge is -2.26. The van der Waals surface area contributed by atoms with E-state index in [1.165, 1.54) is 5.56 Å². The van der Waals surface area contributed by atoms with Crippen LogP contribution in [0.2, 0.25) is 0 Å². The molecule has 1 unspecified atom stereocenters. The summed E-state index contributed by atoms with van der Waals surface area (Å²) in [6.45, 7) is 1.90. The Kier molecular flexibility index (Phi) is 6.52. The summed E-state index contributed by atoms with van der Waals surface area (Å²) in [5.74, 6) is 1.21. The highest BCUT2D eigenvalue weighted by Gasteiger charge is 2.24. The Balaban J connectivity index is 1.45. The number of rotatable bonds is 7. The van der Waals surface area contributed by atoms with Crippen molar-refractivity contribution in [2.45, 2.75) is 13.0 Å². The summed E-state index contributed by atoms with van der Waals surface area (Å²) < 4.78 is 10.8. The van der Waals surface area contributed by atoms with E-state index >= 15 is 0 Å². The number of benzene rings is 3. The SMILES string of the molecule is COc1cc2c(cc1OC)C[NH+](CC(=O)Nc1ccccc1C(=O)c1ccccc1)CC2. The number of para-hydroxylation sites is 1. The maximum Gasteiger partial charge on any atom is 0.279 e. The van der Waals surface area contributed by atoms with E-state index in [-0.39, 0.29) is 11.7 Å². The Morgan fingerprint density at radius 1 is 0.906 bits per heavy atom. The number of ether oxygens (including phenoxy) is 2. The third-order valence-corrected chi connectivity index (χ3v) is 5.79. The van der Waals surface area contributed by atoms with E-state index in [9.17, 15) is 9.59 Å². The molecule has 0 aromatic heterocycles. The largest absolute Gasteiger partial charge is 0.493 e. The average molecular weight is 432 g/mol. The molecule has 0 radical (unpaired) electrons. The first kappa shape index (κ1) is 21.6. The van der Waals surface area contributed by atoms with E-state index in [0.717, 1.165) is 35.7 Å². The Morgan fingerprint density at radius 3 is 2.28 bits per heavy atom. The van der Waals surface area contributed by atoms with Crippen LogP contribution in [-0.4, -0.2) is 39.0 Å². The zero-order valence-electron chi connectivity index (χ0n) is 18.3. The average Bonchev–Trinajstić information content (AvgIpc) is 2.83. The lowest BCUT2D eigenvalue weighted by molar-refractivity contribution is -0.907. The maximum atomic E-state index is 12.9. The first-order valence-corrected chi connectivity index (χ1v) is 10.6. The van der Waals surface area contributed by atoms with Gasteiger partial charge >= 0.3 is 0 Å². The van der Waals surface area contributed by atoms with Gasteiger partial charge in [-0.05, 0) is 29.8 Å². The molecule has 1 heterocycles. The first-order chi connectivity index (χ1) is 15.6. The van der Waals surface area contributed by atoms with E-state index in [4.69, 9.17) is 9.47 Å². The predicted molar refractivity (Wildman–Crippen MR) is 123 cm³/mol. The molecule has 0 saturated carbocycles. The molecule has 0 bridgehead atoms. The van der Waals surface area contributed by atoms with Crippen LogP contribution in [0.15, 0.2) is 66.7 Å². The molecule has 0 fully saturated rings. The smallest absolute Gasteiger partial charge is 0.279 e. The number of nitrogens with one attached hydrogen (secondary N) is 2. The van der Waals surface area contributed by atoms with Gasteiger partial charge in [0, 0.05) is 23.1 Å². The quantitative estimate of drug-likeness (QED) is 0.564. The number of ketones is 1. The van der Waals surface area contributed by atoms with Gasteiger partial charge in [0.2, 0.25) is 0 Å². The van der Waals surface area contributed by atoms with Crippen LogP contribution in [0.4, 0.5) is 5.69 Å². The number of hydrogen-bond acceptors (Lipinski definition) is 4. The highest BCUT2D eigenvalue weighted by Crippen LogP contribution is 2.31. The molecule has 1 aliphatic rings. The van der Waals surface area contributed by atoms with E-state index in [1.807, 2.05) is 36.4 Å². The monoisotopic (exact) mass is 431 g/mol. The highest BCUT2D eigenvalue weighted by atomic mass is 16.5. The zero-order valence-corrected chi connectivity index (χ0v) is 18.3. The minimum atomic E-state index is -0.114. The third kappa shape index (κ3) is 4.65. The van der Waals surface area contributed by atoms with Crippen LogP contribution in [0.3, 0.4) is 0 Å². The van der Waals surface area contributed by atoms with Crippen LogP contribution in [0.5, 0.6) is 11.5 Å². The Hall–Kier alpha value is -3.64. The lowest BCUT2D eigenvalue weighted by Crippen LogP contribution is -3.12. The van der Waals surface area contributed by atoms with Crippen LogP contribution in [0.1, 0.15) is 27.0 Å². The summed E-state index contributed by atoms with van der Waals surface area (Å²) in [5, 5.41) is 2.95. The van der Waals surface area contributed by atoms with Gasteiger partial charge in [-0.1, -0.05) is 42.5 Å². The van der Waals surface area contributed by atoms with Crippen LogP contribution < -0.4 is 19.7 Å². The number of fused-ring (bicyclic) bond motifs is 1. The third-order valence-electron chi connectivity index (χ3n) is 5.79. The van der Waals surface area contributed by atoms with E-state index < -0.39 is 0 Å². The fourth-order valence-corrected chi connectivity index (χ4v) is 4.14. The summed E-state index contributed by atoms with van der Waals surface area (Å²) in [6, 6.07) is 20.2. The minimum absolute atomic E-state index is 0.109. The molecule has 1 aliphatic heterocycles. The normalized spacial score (nSPS) is 14.9. The molecular formula is C26H27N2O4+. The second kappa shape index (κ2) is 9.66. The second-order valence-electron chi connectivity index (χ2n) is 7.87. The molecule has 0 saturated heterocycles. The van der Waals surface area contributed by atoms with Crippen molar-refractivity contribution in [3.05, 3.63) is 89.0 Å². The van der Waals surface area contributed by atoms with Crippen LogP contribution in [-0.2, 0) is 17.8 Å². The van der Waals surface area contributed by atoms with Gasteiger partial charge in [0.25, 0.3) is 5.91 Å². The zero-order chi connectivity index (χ0) is 22.5. The van der Waals surface area contributed by atoms with Gasteiger partial charge in [0.05, 0.1) is 26.5 Å². The Morgan fingerprint density at radius 2 is 1.56 bits per heavy atom. The van der Waals surface area contributed by atoms with Crippen LogP contribution in [0.25, 0.3) is 0 Å². The molecule has 4 rings (SSSR count). The van der Waals surface area contributed by atoms with E-state index in [1.54, 1.807) is 44.6 Å². The number of hydrogen-bond donors (Lipinski definition) is 2. The molecule has 0 spiro atoms. The molecule has 6 nitrogen and oxygen atoms in total. The summed E-state index contributed by atoms with van der Waals surface area (Å²) in [6.07, 6.45) is 0.862. The fraction of sp³-hybridized carbons (Fsp3) is 0.231. The van der Waals surface area contributed by atoms with Gasteiger partial charge in [-0.2, -0.15) is 0 Å². The summed E-state index contributed by atoms with van der Waals surface area (Å²) in [4.78, 5) is 26.9. The summed E-state index contributed by atoms with van der Waals surface area (Å²) in [5.41, 5.74) is 4.01. The topological polar surface area (TPSA) is 69.1 Å². The summed E-state index contributed by atoms with van der Waals surface area (Å²) in [7, 11) is 3.26.